The molecule has 0 saturated heterocycles. The summed E-state index contributed by atoms with van der Waals surface area (Å²) in [5, 5.41) is 28.9. The molecule has 2 N–H and O–H groups in total. The fourth-order valence-electron chi connectivity index (χ4n) is 1.50. The first kappa shape index (κ1) is 15.1. The van der Waals surface area contributed by atoms with Crippen LogP contribution in [0.2, 0.25) is 0 Å². The number of alkyl halides is 1. The van der Waals surface area contributed by atoms with Crippen molar-refractivity contribution in [2.75, 3.05) is 5.88 Å². The molecule has 0 amide bonds. The lowest BCUT2D eigenvalue weighted by atomic mass is 9.97. The van der Waals surface area contributed by atoms with E-state index in [2.05, 4.69) is 0 Å². The summed E-state index contributed by atoms with van der Waals surface area (Å²) in [6.45, 7) is 0. The summed E-state index contributed by atoms with van der Waals surface area (Å²) >= 11 is 5.41. The summed E-state index contributed by atoms with van der Waals surface area (Å²) in [5.74, 6) is -2.06. The summed E-state index contributed by atoms with van der Waals surface area (Å²) in [5.41, 5.74) is -0.796. The normalized spacial score (nSPS) is 11.9. The molecule has 0 spiro atoms. The third kappa shape index (κ3) is 3.49. The number of carboxylic acid groups (broad SMARTS) is 1. The Morgan fingerprint density at radius 1 is 1.42 bits per heavy atom. The van der Waals surface area contributed by atoms with Gasteiger partial charge in [-0.05, 0) is 6.07 Å². The van der Waals surface area contributed by atoms with Gasteiger partial charge in [-0.3, -0.25) is 14.9 Å². The van der Waals surface area contributed by atoms with Gasteiger partial charge in [0.1, 0.15) is 0 Å². The third-order valence-electron chi connectivity index (χ3n) is 2.40. The maximum Gasteiger partial charge on any atom is 0.337 e. The van der Waals surface area contributed by atoms with Crippen LogP contribution in [0.4, 0.5) is 5.69 Å². The Morgan fingerprint density at radius 2 is 2.05 bits per heavy atom. The van der Waals surface area contributed by atoms with Crippen LogP contribution in [-0.2, 0) is 4.79 Å². The molecule has 1 aromatic rings. The van der Waals surface area contributed by atoms with Crippen LogP contribution in [-0.4, -0.2) is 32.8 Å². The van der Waals surface area contributed by atoms with Gasteiger partial charge in [-0.15, -0.1) is 11.6 Å². The molecule has 0 saturated carbocycles. The number of aliphatic carboxylic acids is 1. The lowest BCUT2D eigenvalue weighted by Gasteiger charge is -2.11. The number of rotatable bonds is 6. The predicted octanol–water partition coefficient (Wildman–Crippen LogP) is 1.52. The molecule has 1 unspecified atom stereocenters. The number of nitro groups is 1. The van der Waals surface area contributed by atoms with Crippen LogP contribution in [0.3, 0.4) is 0 Å². The van der Waals surface area contributed by atoms with Crippen molar-refractivity contribution in [1.29, 1.82) is 0 Å². The highest BCUT2D eigenvalue weighted by molar-refractivity contribution is 6.19. The van der Waals surface area contributed by atoms with E-state index < -0.39 is 28.5 Å². The Kier molecular flexibility index (Phi) is 4.96. The Bertz CT molecular complexity index is 530. The highest BCUT2D eigenvalue weighted by atomic mass is 35.5. The van der Waals surface area contributed by atoms with Crippen LogP contribution in [0.1, 0.15) is 28.4 Å². The SMILES string of the molecule is O=C(CCCl)c1ccc([N+](=O)[O-])cc1C(O)C(=O)O. The van der Waals surface area contributed by atoms with Gasteiger partial charge in [0.25, 0.3) is 5.69 Å². The van der Waals surface area contributed by atoms with Gasteiger partial charge in [-0.25, -0.2) is 4.79 Å². The zero-order valence-electron chi connectivity index (χ0n) is 9.58. The van der Waals surface area contributed by atoms with Crippen molar-refractivity contribution in [3.63, 3.8) is 0 Å². The second kappa shape index (κ2) is 6.26. The number of non-ortho nitro benzene ring substituents is 1. The molecular formula is C11H10ClNO6. The number of nitro benzene ring substituents is 1. The Morgan fingerprint density at radius 3 is 2.53 bits per heavy atom. The molecule has 1 rings (SSSR count). The number of hydrogen-bond acceptors (Lipinski definition) is 5. The number of carbonyl (C=O) groups is 2. The first-order chi connectivity index (χ1) is 8.88. The summed E-state index contributed by atoms with van der Waals surface area (Å²) < 4.78 is 0. The molecule has 1 aromatic carbocycles. The molecule has 0 aromatic heterocycles. The fraction of sp³-hybridized carbons (Fsp3) is 0.273. The van der Waals surface area contributed by atoms with E-state index in [-0.39, 0.29) is 23.4 Å². The van der Waals surface area contributed by atoms with E-state index in [9.17, 15) is 24.8 Å². The van der Waals surface area contributed by atoms with E-state index in [0.717, 1.165) is 18.2 Å². The lowest BCUT2D eigenvalue weighted by molar-refractivity contribution is -0.385. The van der Waals surface area contributed by atoms with Gasteiger partial charge in [0, 0.05) is 35.6 Å². The van der Waals surface area contributed by atoms with E-state index in [1.54, 1.807) is 0 Å². The van der Waals surface area contributed by atoms with Crippen LogP contribution in [0, 0.1) is 10.1 Å². The number of nitrogens with zero attached hydrogens (tertiary/aromatic N) is 1. The Hall–Kier alpha value is -1.99. The number of ketones is 1. The van der Waals surface area contributed by atoms with Crippen molar-refractivity contribution in [3.05, 3.63) is 39.4 Å². The van der Waals surface area contributed by atoms with Crippen molar-refractivity contribution in [2.45, 2.75) is 12.5 Å². The number of carbonyl (C=O) groups excluding carboxylic acids is 1. The standard InChI is InChI=1S/C11H10ClNO6/c12-4-3-9(14)7-2-1-6(13(18)19)5-8(7)10(15)11(16)17/h1-2,5,10,15H,3-4H2,(H,16,17). The molecule has 19 heavy (non-hydrogen) atoms. The van der Waals surface area contributed by atoms with E-state index in [1.165, 1.54) is 0 Å². The number of hydrogen-bond donors (Lipinski definition) is 2. The highest BCUT2D eigenvalue weighted by Crippen LogP contribution is 2.25. The van der Waals surface area contributed by atoms with Gasteiger partial charge >= 0.3 is 5.97 Å². The van der Waals surface area contributed by atoms with Crippen molar-refractivity contribution in [3.8, 4) is 0 Å². The molecule has 8 heteroatoms. The third-order valence-corrected chi connectivity index (χ3v) is 2.59. The zero-order chi connectivity index (χ0) is 14.6. The van der Waals surface area contributed by atoms with Gasteiger partial charge in [0.2, 0.25) is 0 Å². The molecule has 0 bridgehead atoms. The minimum Gasteiger partial charge on any atom is -0.479 e. The minimum atomic E-state index is -2.01. The van der Waals surface area contributed by atoms with Crippen molar-refractivity contribution >= 4 is 29.0 Å². The molecule has 7 nitrogen and oxygen atoms in total. The minimum absolute atomic E-state index is 0.0262. The molecule has 102 valence electrons. The predicted molar refractivity (Wildman–Crippen MR) is 65.4 cm³/mol. The Labute approximate surface area is 112 Å². The first-order valence-electron chi connectivity index (χ1n) is 5.17. The number of carboxylic acids is 1. The average molecular weight is 288 g/mol. The fourth-order valence-corrected chi connectivity index (χ4v) is 1.67. The summed E-state index contributed by atoms with van der Waals surface area (Å²) in [6, 6.07) is 3.06. The topological polar surface area (TPSA) is 118 Å². The van der Waals surface area contributed by atoms with E-state index in [4.69, 9.17) is 16.7 Å². The van der Waals surface area contributed by atoms with Crippen LogP contribution >= 0.6 is 11.6 Å². The van der Waals surface area contributed by atoms with E-state index >= 15 is 0 Å². The van der Waals surface area contributed by atoms with Crippen LogP contribution in [0.25, 0.3) is 0 Å². The molecule has 0 fully saturated rings. The molecular weight excluding hydrogens is 278 g/mol. The van der Waals surface area contributed by atoms with Crippen molar-refractivity contribution < 1.29 is 24.7 Å². The maximum atomic E-state index is 11.7. The van der Waals surface area contributed by atoms with Crippen LogP contribution < -0.4 is 0 Å². The monoisotopic (exact) mass is 287 g/mol. The summed E-state index contributed by atoms with van der Waals surface area (Å²) in [4.78, 5) is 32.4. The number of aliphatic hydroxyl groups is 1. The molecule has 0 aliphatic rings. The van der Waals surface area contributed by atoms with Crippen molar-refractivity contribution in [2.24, 2.45) is 0 Å². The second-order valence-corrected chi connectivity index (χ2v) is 4.01. The lowest BCUT2D eigenvalue weighted by Crippen LogP contribution is -2.15. The summed E-state index contributed by atoms with van der Waals surface area (Å²) in [6.07, 6.45) is -2.06. The Balaban J connectivity index is 3.34. The number of Topliss-reactive ketones (excluding diaryl/α,β-unsaturated/α-hetero) is 1. The average Bonchev–Trinajstić information content (AvgIpc) is 2.37. The van der Waals surface area contributed by atoms with E-state index in [1.807, 2.05) is 0 Å². The molecule has 0 aliphatic heterocycles. The van der Waals surface area contributed by atoms with Crippen molar-refractivity contribution in [1.82, 2.24) is 0 Å². The zero-order valence-corrected chi connectivity index (χ0v) is 10.3. The second-order valence-electron chi connectivity index (χ2n) is 3.63. The van der Waals surface area contributed by atoms with Gasteiger partial charge in [0.05, 0.1) is 4.92 Å². The first-order valence-corrected chi connectivity index (χ1v) is 5.70. The van der Waals surface area contributed by atoms with Gasteiger partial charge < -0.3 is 10.2 Å². The van der Waals surface area contributed by atoms with Crippen LogP contribution in [0.15, 0.2) is 18.2 Å². The van der Waals surface area contributed by atoms with Gasteiger partial charge in [0.15, 0.2) is 11.9 Å². The molecule has 0 aliphatic carbocycles. The largest absolute Gasteiger partial charge is 0.479 e. The van der Waals surface area contributed by atoms with E-state index in [0.29, 0.717) is 0 Å². The summed E-state index contributed by atoms with van der Waals surface area (Å²) in [7, 11) is 0. The van der Waals surface area contributed by atoms with Gasteiger partial charge in [-0.2, -0.15) is 0 Å². The van der Waals surface area contributed by atoms with Gasteiger partial charge in [-0.1, -0.05) is 0 Å². The smallest absolute Gasteiger partial charge is 0.337 e. The van der Waals surface area contributed by atoms with Crippen LogP contribution in [0.5, 0.6) is 0 Å². The number of halogens is 1. The molecule has 0 heterocycles. The number of benzene rings is 1. The maximum absolute atomic E-state index is 11.7. The quantitative estimate of drug-likeness (QED) is 0.354. The number of aliphatic hydroxyl groups excluding tert-OH is 1. The molecule has 0 radical (unpaired) electrons. The highest BCUT2D eigenvalue weighted by Gasteiger charge is 2.25. The molecule has 1 atom stereocenters.